The number of amides is 2. The van der Waals surface area contributed by atoms with Crippen molar-refractivity contribution < 1.29 is 4.79 Å². The lowest BCUT2D eigenvalue weighted by Crippen LogP contribution is -2.28. The van der Waals surface area contributed by atoms with Gasteiger partial charge in [-0.3, -0.25) is 4.98 Å². The van der Waals surface area contributed by atoms with Gasteiger partial charge in [-0.2, -0.15) is 0 Å². The van der Waals surface area contributed by atoms with E-state index in [2.05, 4.69) is 25.6 Å². The predicted octanol–water partition coefficient (Wildman–Crippen LogP) is 2.41. The molecule has 2 amide bonds. The molecule has 122 valence electrons. The van der Waals surface area contributed by atoms with Crippen molar-refractivity contribution in [3.05, 3.63) is 54.5 Å². The molecule has 2 N–H and O–H groups in total. The molecular weight excluding hydrogens is 304 g/mol. The Morgan fingerprint density at radius 1 is 1.12 bits per heavy atom. The lowest BCUT2D eigenvalue weighted by atomic mass is 10.1. The number of nitrogens with zero attached hydrogens (tertiary/aromatic N) is 4. The molecule has 7 nitrogen and oxygen atoms in total. The molecule has 7 heteroatoms. The van der Waals surface area contributed by atoms with E-state index in [4.69, 9.17) is 0 Å². The molecule has 0 fully saturated rings. The maximum atomic E-state index is 12.0. The summed E-state index contributed by atoms with van der Waals surface area (Å²) in [6.45, 7) is 0.424. The Morgan fingerprint density at radius 2 is 1.92 bits per heavy atom. The number of rotatable bonds is 4. The predicted molar refractivity (Wildman–Crippen MR) is 94.0 cm³/mol. The van der Waals surface area contributed by atoms with Gasteiger partial charge in [-0.1, -0.05) is 12.1 Å². The molecule has 0 aliphatic carbocycles. The van der Waals surface area contributed by atoms with Crippen LogP contribution < -0.4 is 15.5 Å². The van der Waals surface area contributed by atoms with Gasteiger partial charge in [-0.25, -0.2) is 14.8 Å². The molecule has 0 aliphatic heterocycles. The minimum Gasteiger partial charge on any atom is -0.347 e. The van der Waals surface area contributed by atoms with E-state index in [9.17, 15) is 4.79 Å². The fraction of sp³-hybridized carbons (Fsp3) is 0.176. The van der Waals surface area contributed by atoms with E-state index in [-0.39, 0.29) is 6.03 Å². The number of benzene rings is 1. The van der Waals surface area contributed by atoms with Gasteiger partial charge in [0.1, 0.15) is 0 Å². The van der Waals surface area contributed by atoms with Crippen LogP contribution >= 0.6 is 0 Å². The Labute approximate surface area is 139 Å². The van der Waals surface area contributed by atoms with E-state index >= 15 is 0 Å². The minimum absolute atomic E-state index is 0.303. The second-order valence-electron chi connectivity index (χ2n) is 5.50. The molecule has 3 aromatic rings. The zero-order chi connectivity index (χ0) is 16.9. The van der Waals surface area contributed by atoms with E-state index in [1.165, 1.54) is 0 Å². The van der Waals surface area contributed by atoms with Crippen LogP contribution in [0.4, 0.5) is 16.4 Å². The van der Waals surface area contributed by atoms with Crippen LogP contribution in [0.2, 0.25) is 0 Å². The molecule has 0 aliphatic rings. The minimum atomic E-state index is -0.303. The third kappa shape index (κ3) is 3.75. The number of hydrogen-bond acceptors (Lipinski definition) is 5. The fourth-order valence-electron chi connectivity index (χ4n) is 2.21. The molecule has 0 saturated heterocycles. The Bertz CT molecular complexity index is 847. The van der Waals surface area contributed by atoms with Gasteiger partial charge < -0.3 is 15.5 Å². The van der Waals surface area contributed by atoms with Crippen LogP contribution in [0.5, 0.6) is 0 Å². The summed E-state index contributed by atoms with van der Waals surface area (Å²) in [5.41, 5.74) is 2.48. The average Bonchev–Trinajstić information content (AvgIpc) is 2.60. The molecule has 0 atom stereocenters. The van der Waals surface area contributed by atoms with E-state index in [1.54, 1.807) is 23.5 Å². The van der Waals surface area contributed by atoms with Gasteiger partial charge >= 0.3 is 6.03 Å². The first kappa shape index (κ1) is 15.7. The van der Waals surface area contributed by atoms with Crippen LogP contribution in [0.25, 0.3) is 10.9 Å². The number of aromatic nitrogens is 3. The third-order valence-electron chi connectivity index (χ3n) is 3.42. The largest absolute Gasteiger partial charge is 0.347 e. The van der Waals surface area contributed by atoms with E-state index in [0.29, 0.717) is 18.2 Å². The summed E-state index contributed by atoms with van der Waals surface area (Å²) in [4.78, 5) is 26.3. The van der Waals surface area contributed by atoms with Crippen molar-refractivity contribution in [2.24, 2.45) is 0 Å². The topological polar surface area (TPSA) is 83.0 Å². The van der Waals surface area contributed by atoms with Crippen LogP contribution in [-0.2, 0) is 6.54 Å². The number of fused-ring (bicyclic) bond motifs is 1. The van der Waals surface area contributed by atoms with Gasteiger partial charge in [-0.05, 0) is 23.8 Å². The van der Waals surface area contributed by atoms with Gasteiger partial charge in [0.05, 0.1) is 23.6 Å². The van der Waals surface area contributed by atoms with E-state index < -0.39 is 0 Å². The van der Waals surface area contributed by atoms with Crippen LogP contribution in [-0.4, -0.2) is 35.1 Å². The maximum Gasteiger partial charge on any atom is 0.319 e. The van der Waals surface area contributed by atoms with Crippen molar-refractivity contribution in [3.63, 3.8) is 0 Å². The second kappa shape index (κ2) is 6.91. The maximum absolute atomic E-state index is 12.0. The number of nitrogens with one attached hydrogen (secondary N) is 2. The summed E-state index contributed by atoms with van der Waals surface area (Å²) in [6, 6.07) is 9.49. The van der Waals surface area contributed by atoms with Gasteiger partial charge in [0, 0.05) is 32.2 Å². The van der Waals surface area contributed by atoms with Gasteiger partial charge in [-0.15, -0.1) is 0 Å². The lowest BCUT2D eigenvalue weighted by Gasteiger charge is -2.11. The first-order valence-electron chi connectivity index (χ1n) is 7.50. The highest BCUT2D eigenvalue weighted by molar-refractivity contribution is 5.89. The number of carbonyl (C=O) groups excluding carboxylic acids is 1. The Hall–Kier alpha value is -3.22. The van der Waals surface area contributed by atoms with Crippen molar-refractivity contribution in [1.29, 1.82) is 0 Å². The van der Waals surface area contributed by atoms with Gasteiger partial charge in [0.2, 0.25) is 5.95 Å². The molecule has 0 spiro atoms. The number of carbonyl (C=O) groups is 1. The summed E-state index contributed by atoms with van der Waals surface area (Å²) in [6.07, 6.45) is 4.91. The molecule has 3 rings (SSSR count). The van der Waals surface area contributed by atoms with Crippen LogP contribution in [0.15, 0.2) is 48.9 Å². The highest BCUT2D eigenvalue weighted by atomic mass is 16.2. The van der Waals surface area contributed by atoms with E-state index in [0.717, 1.165) is 16.5 Å². The Balaban J connectivity index is 1.58. The van der Waals surface area contributed by atoms with Gasteiger partial charge in [0.25, 0.3) is 0 Å². The molecule has 24 heavy (non-hydrogen) atoms. The van der Waals surface area contributed by atoms with Crippen molar-refractivity contribution in [3.8, 4) is 0 Å². The second-order valence-corrected chi connectivity index (χ2v) is 5.50. The van der Waals surface area contributed by atoms with Crippen molar-refractivity contribution in [2.75, 3.05) is 24.3 Å². The molecule has 0 bridgehead atoms. The monoisotopic (exact) mass is 322 g/mol. The smallest absolute Gasteiger partial charge is 0.319 e. The zero-order valence-electron chi connectivity index (χ0n) is 13.5. The molecule has 2 aromatic heterocycles. The summed E-state index contributed by atoms with van der Waals surface area (Å²) in [5.74, 6) is 0.589. The first-order chi connectivity index (χ1) is 11.6. The SMILES string of the molecule is CN(C)c1ncc(NC(=O)NCc2ccc3ncccc3c2)cn1. The molecule has 0 radical (unpaired) electrons. The quantitative estimate of drug-likeness (QED) is 0.771. The number of urea groups is 1. The standard InChI is InChI=1S/C17H18N6O/c1-23(2)16-19-10-14(11-20-16)22-17(24)21-9-12-5-6-15-13(8-12)4-3-7-18-15/h3-8,10-11H,9H2,1-2H3,(H2,21,22,24). The summed E-state index contributed by atoms with van der Waals surface area (Å²) in [7, 11) is 3.71. The number of pyridine rings is 1. The summed E-state index contributed by atoms with van der Waals surface area (Å²) >= 11 is 0. The highest BCUT2D eigenvalue weighted by Crippen LogP contribution is 2.13. The van der Waals surface area contributed by atoms with E-state index in [1.807, 2.05) is 44.4 Å². The van der Waals surface area contributed by atoms with Crippen molar-refractivity contribution in [1.82, 2.24) is 20.3 Å². The fourth-order valence-corrected chi connectivity index (χ4v) is 2.21. The average molecular weight is 322 g/mol. The summed E-state index contributed by atoms with van der Waals surface area (Å²) < 4.78 is 0. The van der Waals surface area contributed by atoms with Crippen LogP contribution in [0.3, 0.4) is 0 Å². The normalized spacial score (nSPS) is 10.4. The summed E-state index contributed by atoms with van der Waals surface area (Å²) in [5, 5.41) is 6.57. The Kier molecular flexibility index (Phi) is 4.51. The van der Waals surface area contributed by atoms with Crippen LogP contribution in [0, 0.1) is 0 Å². The first-order valence-corrected chi connectivity index (χ1v) is 7.50. The van der Waals surface area contributed by atoms with Crippen LogP contribution in [0.1, 0.15) is 5.56 Å². The molecule has 2 heterocycles. The number of anilines is 2. The zero-order valence-corrected chi connectivity index (χ0v) is 13.5. The third-order valence-corrected chi connectivity index (χ3v) is 3.42. The molecule has 0 saturated carbocycles. The molecular formula is C17H18N6O. The molecule has 0 unspecified atom stereocenters. The molecule has 1 aromatic carbocycles. The van der Waals surface area contributed by atoms with Gasteiger partial charge in [0.15, 0.2) is 0 Å². The van der Waals surface area contributed by atoms with Crippen molar-refractivity contribution >= 4 is 28.6 Å². The van der Waals surface area contributed by atoms with Crippen molar-refractivity contribution in [2.45, 2.75) is 6.54 Å². The Morgan fingerprint density at radius 3 is 2.67 bits per heavy atom. The highest BCUT2D eigenvalue weighted by Gasteiger charge is 2.04. The number of hydrogen-bond donors (Lipinski definition) is 2. The lowest BCUT2D eigenvalue weighted by molar-refractivity contribution is 0.251.